The molecule has 2 aromatic heterocycles. The largest absolute Gasteiger partial charge is 0.353 e. The number of likely N-dealkylation sites (N-methyl/N-ethyl adjacent to an activating group) is 1. The standard InChI is InChI=1S/C25H27N3OS2/c1-25(18-10-5-4-6-11-18,16-23-27-19-12-7-8-13-21(19)31-23)24(29)26-17-20(28(2)3)22-14-9-15-30-22/h4-15,20H,16-17H2,1-3H3,(H,26,29). The van der Waals surface area contributed by atoms with Gasteiger partial charge < -0.3 is 10.2 Å². The maximum Gasteiger partial charge on any atom is 0.230 e. The number of fused-ring (bicyclic) bond motifs is 1. The molecule has 0 bridgehead atoms. The van der Waals surface area contributed by atoms with E-state index in [1.807, 2.05) is 69.6 Å². The molecule has 4 nitrogen and oxygen atoms in total. The molecule has 0 fully saturated rings. The summed E-state index contributed by atoms with van der Waals surface area (Å²) in [6.07, 6.45) is 0.563. The van der Waals surface area contributed by atoms with Crippen LogP contribution in [0.2, 0.25) is 0 Å². The quantitative estimate of drug-likeness (QED) is 0.398. The van der Waals surface area contributed by atoms with E-state index in [2.05, 4.69) is 33.8 Å². The topological polar surface area (TPSA) is 45.2 Å². The van der Waals surface area contributed by atoms with E-state index in [1.54, 1.807) is 22.7 Å². The molecule has 1 N–H and O–H groups in total. The highest BCUT2D eigenvalue weighted by Gasteiger charge is 2.37. The molecule has 4 rings (SSSR count). The maximum absolute atomic E-state index is 13.6. The van der Waals surface area contributed by atoms with Crippen LogP contribution in [0.3, 0.4) is 0 Å². The van der Waals surface area contributed by atoms with Crippen molar-refractivity contribution in [1.82, 2.24) is 15.2 Å². The lowest BCUT2D eigenvalue weighted by Gasteiger charge is -2.30. The number of hydrogen-bond acceptors (Lipinski definition) is 5. The fourth-order valence-electron chi connectivity index (χ4n) is 3.82. The van der Waals surface area contributed by atoms with E-state index in [-0.39, 0.29) is 11.9 Å². The molecule has 160 valence electrons. The van der Waals surface area contributed by atoms with Crippen molar-refractivity contribution >= 4 is 38.8 Å². The van der Waals surface area contributed by atoms with Crippen molar-refractivity contribution in [2.45, 2.75) is 24.8 Å². The Morgan fingerprint density at radius 2 is 1.81 bits per heavy atom. The highest BCUT2D eigenvalue weighted by Crippen LogP contribution is 2.32. The number of nitrogens with one attached hydrogen (secondary N) is 1. The number of rotatable bonds is 8. The van der Waals surface area contributed by atoms with E-state index in [1.165, 1.54) is 4.88 Å². The van der Waals surface area contributed by atoms with Crippen molar-refractivity contribution in [2.75, 3.05) is 20.6 Å². The molecule has 2 unspecified atom stereocenters. The Morgan fingerprint density at radius 1 is 1.06 bits per heavy atom. The summed E-state index contributed by atoms with van der Waals surface area (Å²) in [6, 6.07) is 22.5. The Hall–Kier alpha value is -2.54. The molecule has 0 radical (unpaired) electrons. The highest BCUT2D eigenvalue weighted by molar-refractivity contribution is 7.18. The molecule has 2 aromatic carbocycles. The number of carbonyl (C=O) groups excluding carboxylic acids is 1. The van der Waals surface area contributed by atoms with Gasteiger partial charge in [-0.15, -0.1) is 22.7 Å². The lowest BCUT2D eigenvalue weighted by Crippen LogP contribution is -2.46. The number of benzene rings is 2. The fraction of sp³-hybridized carbons (Fsp3) is 0.280. The predicted molar refractivity (Wildman–Crippen MR) is 131 cm³/mol. The molecule has 6 heteroatoms. The van der Waals surface area contributed by atoms with Gasteiger partial charge in [-0.05, 0) is 50.2 Å². The molecule has 2 atom stereocenters. The van der Waals surface area contributed by atoms with Gasteiger partial charge in [0.15, 0.2) is 0 Å². The maximum atomic E-state index is 13.6. The summed E-state index contributed by atoms with van der Waals surface area (Å²) >= 11 is 3.38. The van der Waals surface area contributed by atoms with E-state index >= 15 is 0 Å². The molecule has 0 saturated heterocycles. The van der Waals surface area contributed by atoms with Crippen molar-refractivity contribution in [3.05, 3.63) is 87.6 Å². The average molecular weight is 450 g/mol. The Balaban J connectivity index is 1.60. The fourth-order valence-corrected chi connectivity index (χ4v) is 5.87. The Bertz CT molecular complexity index is 1110. The summed E-state index contributed by atoms with van der Waals surface area (Å²) in [4.78, 5) is 21.8. The van der Waals surface area contributed by atoms with Gasteiger partial charge in [-0.1, -0.05) is 48.5 Å². The van der Waals surface area contributed by atoms with Crippen LogP contribution in [0.15, 0.2) is 72.1 Å². The molecule has 1 amide bonds. The summed E-state index contributed by atoms with van der Waals surface area (Å²) in [7, 11) is 4.10. The van der Waals surface area contributed by atoms with Gasteiger partial charge in [-0.25, -0.2) is 4.98 Å². The molecule has 0 aliphatic heterocycles. The first-order valence-electron chi connectivity index (χ1n) is 10.4. The Kier molecular flexibility index (Phi) is 6.51. The number of thiazole rings is 1. The Labute approximate surface area is 191 Å². The first-order valence-corrected chi connectivity index (χ1v) is 12.0. The van der Waals surface area contributed by atoms with Crippen molar-refractivity contribution in [3.63, 3.8) is 0 Å². The third kappa shape index (κ3) is 4.71. The minimum absolute atomic E-state index is 0.0290. The van der Waals surface area contributed by atoms with Crippen molar-refractivity contribution < 1.29 is 4.79 Å². The van der Waals surface area contributed by atoms with E-state index in [0.717, 1.165) is 20.8 Å². The van der Waals surface area contributed by atoms with Crippen LogP contribution in [0.4, 0.5) is 0 Å². The number of aromatic nitrogens is 1. The summed E-state index contributed by atoms with van der Waals surface area (Å²) in [5.74, 6) is 0.0290. The van der Waals surface area contributed by atoms with E-state index in [0.29, 0.717) is 13.0 Å². The molecule has 0 saturated carbocycles. The molecule has 2 heterocycles. The minimum atomic E-state index is -0.707. The number of carbonyl (C=O) groups is 1. The van der Waals surface area contributed by atoms with Crippen LogP contribution in [-0.4, -0.2) is 36.4 Å². The zero-order valence-electron chi connectivity index (χ0n) is 18.0. The molecule has 4 aromatic rings. The average Bonchev–Trinajstić information content (AvgIpc) is 3.43. The van der Waals surface area contributed by atoms with Gasteiger partial charge in [0.2, 0.25) is 5.91 Å². The van der Waals surface area contributed by atoms with Crippen LogP contribution in [0.1, 0.15) is 28.4 Å². The van der Waals surface area contributed by atoms with E-state index in [9.17, 15) is 4.79 Å². The number of para-hydroxylation sites is 1. The zero-order valence-corrected chi connectivity index (χ0v) is 19.7. The number of nitrogens with zero attached hydrogens (tertiary/aromatic N) is 2. The van der Waals surface area contributed by atoms with Gasteiger partial charge in [-0.3, -0.25) is 4.79 Å². The summed E-state index contributed by atoms with van der Waals surface area (Å²) in [6.45, 7) is 2.59. The van der Waals surface area contributed by atoms with Gasteiger partial charge in [0.1, 0.15) is 0 Å². The van der Waals surface area contributed by atoms with E-state index in [4.69, 9.17) is 4.98 Å². The SMILES string of the molecule is CN(C)C(CNC(=O)C(C)(Cc1nc2ccccc2s1)c1ccccc1)c1cccs1. The second-order valence-electron chi connectivity index (χ2n) is 8.16. The summed E-state index contributed by atoms with van der Waals surface area (Å²) in [5, 5.41) is 6.30. The predicted octanol–water partition coefficient (Wildman–Crippen LogP) is 5.28. The van der Waals surface area contributed by atoms with Crippen LogP contribution in [0, 0.1) is 0 Å². The van der Waals surface area contributed by atoms with Crippen LogP contribution in [0.5, 0.6) is 0 Å². The number of hydrogen-bond donors (Lipinski definition) is 1. The molecule has 0 aliphatic carbocycles. The second kappa shape index (κ2) is 9.30. The lowest BCUT2D eigenvalue weighted by molar-refractivity contribution is -0.126. The third-order valence-corrected chi connectivity index (χ3v) is 7.72. The lowest BCUT2D eigenvalue weighted by atomic mass is 9.78. The van der Waals surface area contributed by atoms with Crippen LogP contribution in [-0.2, 0) is 16.6 Å². The summed E-state index contributed by atoms with van der Waals surface area (Å²) in [5.41, 5.74) is 1.29. The van der Waals surface area contributed by atoms with Gasteiger partial charge in [-0.2, -0.15) is 0 Å². The van der Waals surface area contributed by atoms with Crippen LogP contribution < -0.4 is 5.32 Å². The van der Waals surface area contributed by atoms with Gasteiger partial charge in [0.05, 0.1) is 26.7 Å². The van der Waals surface area contributed by atoms with Gasteiger partial charge in [0.25, 0.3) is 0 Å². The van der Waals surface area contributed by atoms with Crippen molar-refractivity contribution in [1.29, 1.82) is 0 Å². The highest BCUT2D eigenvalue weighted by atomic mass is 32.1. The first-order chi connectivity index (χ1) is 15.0. The minimum Gasteiger partial charge on any atom is -0.353 e. The zero-order chi connectivity index (χ0) is 21.8. The Morgan fingerprint density at radius 3 is 2.48 bits per heavy atom. The molecule has 0 spiro atoms. The normalized spacial score (nSPS) is 14.5. The van der Waals surface area contributed by atoms with Gasteiger partial charge >= 0.3 is 0 Å². The van der Waals surface area contributed by atoms with Crippen molar-refractivity contribution in [3.8, 4) is 0 Å². The van der Waals surface area contributed by atoms with Crippen LogP contribution in [0.25, 0.3) is 10.2 Å². The first kappa shape index (κ1) is 21.7. The smallest absolute Gasteiger partial charge is 0.230 e. The molecular formula is C25H27N3OS2. The van der Waals surface area contributed by atoms with E-state index < -0.39 is 5.41 Å². The van der Waals surface area contributed by atoms with Crippen molar-refractivity contribution in [2.24, 2.45) is 0 Å². The monoisotopic (exact) mass is 449 g/mol. The number of thiophene rings is 1. The summed E-state index contributed by atoms with van der Waals surface area (Å²) < 4.78 is 1.15. The molecule has 31 heavy (non-hydrogen) atoms. The van der Waals surface area contributed by atoms with Crippen LogP contribution >= 0.6 is 22.7 Å². The third-order valence-electron chi connectivity index (χ3n) is 5.71. The number of amides is 1. The van der Waals surface area contributed by atoms with Gasteiger partial charge in [0, 0.05) is 17.8 Å². The molecular weight excluding hydrogens is 422 g/mol. The second-order valence-corrected chi connectivity index (χ2v) is 10.2. The molecule has 0 aliphatic rings.